The van der Waals surface area contributed by atoms with Crippen LogP contribution >= 0.6 is 11.3 Å². The zero-order chi connectivity index (χ0) is 32.8. The second kappa shape index (κ2) is 10.6. The van der Waals surface area contributed by atoms with Gasteiger partial charge in [-0.1, -0.05) is 91.0 Å². The lowest BCUT2D eigenvalue weighted by atomic mass is 10.0. The summed E-state index contributed by atoms with van der Waals surface area (Å²) < 4.78 is 14.6. The standard InChI is InChI=1S/C46H27NO2S/c1-4-10-35-28(7-1)15-21-39-37-23-19-33(26-41(37)48-45(35)39)47(32-17-13-30(14-18-32)44-25-31-9-3-6-12-43(31)50-44)34-20-24-38-40-22-16-29-8-2-5-11-36(29)46(40)49-42(38)27-34/h1-27H. The van der Waals surface area contributed by atoms with Gasteiger partial charge in [-0.25, -0.2) is 0 Å². The van der Waals surface area contributed by atoms with E-state index in [0.717, 1.165) is 71.7 Å². The van der Waals surface area contributed by atoms with Gasteiger partial charge in [0.05, 0.1) is 0 Å². The van der Waals surface area contributed by atoms with E-state index in [1.165, 1.54) is 31.3 Å². The van der Waals surface area contributed by atoms with E-state index in [4.69, 9.17) is 8.83 Å². The van der Waals surface area contributed by atoms with E-state index in [1.807, 2.05) is 11.3 Å². The number of fused-ring (bicyclic) bond motifs is 11. The number of benzene rings is 8. The molecule has 11 rings (SSSR count). The maximum absolute atomic E-state index is 6.64. The Morgan fingerprint density at radius 3 is 1.46 bits per heavy atom. The number of rotatable bonds is 4. The van der Waals surface area contributed by atoms with Crippen molar-refractivity contribution in [2.45, 2.75) is 0 Å². The first kappa shape index (κ1) is 27.6. The van der Waals surface area contributed by atoms with Gasteiger partial charge in [0.2, 0.25) is 0 Å². The molecule has 0 aliphatic rings. The van der Waals surface area contributed by atoms with Crippen LogP contribution in [0, 0.1) is 0 Å². The highest BCUT2D eigenvalue weighted by atomic mass is 32.1. The predicted octanol–water partition coefficient (Wildman–Crippen LogP) is 14.1. The Kier molecular flexibility index (Phi) is 5.83. The fourth-order valence-corrected chi connectivity index (χ4v) is 8.68. The third kappa shape index (κ3) is 4.16. The van der Waals surface area contributed by atoms with Crippen LogP contribution in [0.2, 0.25) is 0 Å². The molecular weight excluding hydrogens is 631 g/mol. The molecule has 0 aliphatic heterocycles. The van der Waals surface area contributed by atoms with Crippen LogP contribution in [0.4, 0.5) is 17.1 Å². The first-order chi connectivity index (χ1) is 24.7. The van der Waals surface area contributed by atoms with Crippen molar-refractivity contribution in [3.8, 4) is 10.4 Å². The highest BCUT2D eigenvalue weighted by Crippen LogP contribution is 2.43. The Labute approximate surface area is 290 Å². The highest BCUT2D eigenvalue weighted by molar-refractivity contribution is 7.22. The second-order valence-electron chi connectivity index (χ2n) is 12.9. The number of nitrogens with zero attached hydrogens (tertiary/aromatic N) is 1. The van der Waals surface area contributed by atoms with E-state index in [-0.39, 0.29) is 0 Å². The fraction of sp³-hybridized carbons (Fsp3) is 0. The number of furan rings is 2. The molecule has 50 heavy (non-hydrogen) atoms. The fourth-order valence-electron chi connectivity index (χ4n) is 7.61. The zero-order valence-electron chi connectivity index (χ0n) is 26.8. The molecule has 0 amide bonds. The number of hydrogen-bond donors (Lipinski definition) is 0. The van der Waals surface area contributed by atoms with Crippen LogP contribution in [0.15, 0.2) is 173 Å². The van der Waals surface area contributed by atoms with Crippen LogP contribution in [0.5, 0.6) is 0 Å². The average Bonchev–Trinajstić information content (AvgIpc) is 3.88. The van der Waals surface area contributed by atoms with Crippen molar-refractivity contribution in [1.82, 2.24) is 0 Å². The molecule has 0 unspecified atom stereocenters. The van der Waals surface area contributed by atoms with Crippen LogP contribution in [-0.4, -0.2) is 0 Å². The summed E-state index contributed by atoms with van der Waals surface area (Å²) in [6.45, 7) is 0. The van der Waals surface area contributed by atoms with Crippen molar-refractivity contribution in [2.75, 3.05) is 4.90 Å². The molecule has 3 nitrogen and oxygen atoms in total. The van der Waals surface area contributed by atoms with Crippen LogP contribution in [0.25, 0.3) is 85.9 Å². The number of hydrogen-bond acceptors (Lipinski definition) is 4. The van der Waals surface area contributed by atoms with Crippen molar-refractivity contribution < 1.29 is 8.83 Å². The molecular formula is C46H27NO2S. The summed E-state index contributed by atoms with van der Waals surface area (Å²) in [6.07, 6.45) is 0. The minimum absolute atomic E-state index is 0.858. The Bertz CT molecular complexity index is 2920. The Balaban J connectivity index is 1.09. The average molecular weight is 658 g/mol. The lowest BCUT2D eigenvalue weighted by Gasteiger charge is -2.25. The smallest absolute Gasteiger partial charge is 0.143 e. The molecule has 234 valence electrons. The van der Waals surface area contributed by atoms with Gasteiger partial charge in [0, 0.05) is 71.1 Å². The summed E-state index contributed by atoms with van der Waals surface area (Å²) in [6, 6.07) is 58.4. The molecule has 0 aliphatic carbocycles. The third-order valence-electron chi connectivity index (χ3n) is 10.0. The van der Waals surface area contributed by atoms with Crippen molar-refractivity contribution >= 4 is 104 Å². The minimum Gasteiger partial charge on any atom is -0.455 e. The van der Waals surface area contributed by atoms with Crippen LogP contribution in [0.3, 0.4) is 0 Å². The van der Waals surface area contributed by atoms with Gasteiger partial charge in [-0.3, -0.25) is 0 Å². The van der Waals surface area contributed by atoms with Gasteiger partial charge in [-0.2, -0.15) is 0 Å². The van der Waals surface area contributed by atoms with E-state index in [1.54, 1.807) is 0 Å². The lowest BCUT2D eigenvalue weighted by molar-refractivity contribution is 0.672. The SMILES string of the molecule is c1ccc2sc(-c3ccc(N(c4ccc5c(c4)oc4c6ccccc6ccc54)c4ccc5c(c4)oc4c6ccccc6ccc54)cc3)cc2c1. The Hall–Kier alpha value is -6.36. The second-order valence-corrected chi connectivity index (χ2v) is 14.0. The normalized spacial score (nSPS) is 12.0. The first-order valence-electron chi connectivity index (χ1n) is 16.8. The molecule has 0 N–H and O–H groups in total. The van der Waals surface area contributed by atoms with E-state index < -0.39 is 0 Å². The summed E-state index contributed by atoms with van der Waals surface area (Å²) in [7, 11) is 0. The maximum Gasteiger partial charge on any atom is 0.143 e. The Morgan fingerprint density at radius 1 is 0.380 bits per heavy atom. The molecule has 0 atom stereocenters. The van der Waals surface area contributed by atoms with Gasteiger partial charge in [-0.05, 0) is 82.4 Å². The van der Waals surface area contributed by atoms with Crippen molar-refractivity contribution in [3.05, 3.63) is 164 Å². The topological polar surface area (TPSA) is 29.5 Å². The Morgan fingerprint density at radius 2 is 0.880 bits per heavy atom. The molecule has 0 bridgehead atoms. The quantitative estimate of drug-likeness (QED) is 0.189. The number of thiophene rings is 1. The summed E-state index contributed by atoms with van der Waals surface area (Å²) in [5.41, 5.74) is 7.84. The van der Waals surface area contributed by atoms with Crippen LogP contribution in [0.1, 0.15) is 0 Å². The van der Waals surface area contributed by atoms with Crippen molar-refractivity contribution in [1.29, 1.82) is 0 Å². The molecule has 4 heteroatoms. The largest absolute Gasteiger partial charge is 0.455 e. The molecule has 3 heterocycles. The molecule has 0 saturated heterocycles. The summed E-state index contributed by atoms with van der Waals surface area (Å²) in [5, 5.41) is 10.3. The first-order valence-corrected chi connectivity index (χ1v) is 17.6. The van der Waals surface area contributed by atoms with Gasteiger partial charge in [0.1, 0.15) is 22.3 Å². The van der Waals surface area contributed by atoms with E-state index in [2.05, 4.69) is 169 Å². The summed E-state index contributed by atoms with van der Waals surface area (Å²) in [4.78, 5) is 3.56. The van der Waals surface area contributed by atoms with E-state index in [0.29, 0.717) is 0 Å². The van der Waals surface area contributed by atoms with Crippen LogP contribution in [-0.2, 0) is 0 Å². The molecule has 8 aromatic carbocycles. The van der Waals surface area contributed by atoms with Gasteiger partial charge < -0.3 is 13.7 Å². The number of anilines is 3. The lowest BCUT2D eigenvalue weighted by Crippen LogP contribution is -2.09. The van der Waals surface area contributed by atoms with Gasteiger partial charge >= 0.3 is 0 Å². The van der Waals surface area contributed by atoms with Gasteiger partial charge in [0.25, 0.3) is 0 Å². The highest BCUT2D eigenvalue weighted by Gasteiger charge is 2.19. The molecule has 11 aromatic rings. The third-order valence-corrected chi connectivity index (χ3v) is 11.2. The summed E-state index contributed by atoms with van der Waals surface area (Å²) in [5.74, 6) is 0. The van der Waals surface area contributed by atoms with E-state index in [9.17, 15) is 0 Å². The minimum atomic E-state index is 0.858. The molecule has 0 radical (unpaired) electrons. The molecule has 0 spiro atoms. The molecule has 3 aromatic heterocycles. The van der Waals surface area contributed by atoms with Gasteiger partial charge in [0.15, 0.2) is 0 Å². The molecule has 0 fully saturated rings. The van der Waals surface area contributed by atoms with E-state index >= 15 is 0 Å². The van der Waals surface area contributed by atoms with Crippen molar-refractivity contribution in [2.24, 2.45) is 0 Å². The van der Waals surface area contributed by atoms with Crippen LogP contribution < -0.4 is 4.90 Å². The monoisotopic (exact) mass is 657 g/mol. The maximum atomic E-state index is 6.64. The van der Waals surface area contributed by atoms with Gasteiger partial charge in [-0.15, -0.1) is 11.3 Å². The zero-order valence-corrected chi connectivity index (χ0v) is 27.6. The summed E-state index contributed by atoms with van der Waals surface area (Å²) >= 11 is 1.83. The predicted molar refractivity (Wildman–Crippen MR) is 212 cm³/mol. The van der Waals surface area contributed by atoms with Crippen molar-refractivity contribution in [3.63, 3.8) is 0 Å². The molecule has 0 saturated carbocycles.